The number of anilines is 1. The molecule has 106 valence electrons. The molecule has 2 unspecified atom stereocenters. The molecule has 2 rings (SSSR count). The van der Waals surface area contributed by atoms with E-state index in [9.17, 15) is 0 Å². The second kappa shape index (κ2) is 6.26. The normalized spacial score (nSPS) is 27.0. The number of hydrogen-bond donors (Lipinski definition) is 2. The fraction of sp³-hybridized carbons (Fsp3) is 0.600. The van der Waals surface area contributed by atoms with E-state index in [1.165, 1.54) is 0 Å². The zero-order chi connectivity index (χ0) is 13.7. The standard InChI is InChI=1S/C15H24N2O2/c1-18-12-6-5-9-15(10-12,11-16)17-13-7-3-4-8-14(13)19-2/h3-4,7-8,12,17H,5-6,9-11,16H2,1-2H3. The van der Waals surface area contributed by atoms with Crippen molar-refractivity contribution < 1.29 is 9.47 Å². The van der Waals surface area contributed by atoms with Gasteiger partial charge in [-0.3, -0.25) is 0 Å². The first-order valence-electron chi connectivity index (χ1n) is 6.87. The second-order valence-corrected chi connectivity index (χ2v) is 5.26. The lowest BCUT2D eigenvalue weighted by atomic mass is 9.79. The summed E-state index contributed by atoms with van der Waals surface area (Å²) >= 11 is 0. The molecule has 0 radical (unpaired) electrons. The summed E-state index contributed by atoms with van der Waals surface area (Å²) in [6.45, 7) is 0.602. The molecule has 0 aliphatic heterocycles. The minimum atomic E-state index is -0.0897. The van der Waals surface area contributed by atoms with Gasteiger partial charge in [-0.1, -0.05) is 12.1 Å². The number of benzene rings is 1. The SMILES string of the molecule is COc1ccccc1NC1(CN)CCCC(OC)C1. The Morgan fingerprint density at radius 1 is 1.37 bits per heavy atom. The van der Waals surface area contributed by atoms with E-state index in [0.29, 0.717) is 12.6 Å². The van der Waals surface area contributed by atoms with Crippen LogP contribution in [0.3, 0.4) is 0 Å². The monoisotopic (exact) mass is 264 g/mol. The van der Waals surface area contributed by atoms with Crippen LogP contribution in [0.5, 0.6) is 5.75 Å². The molecular weight excluding hydrogens is 240 g/mol. The largest absolute Gasteiger partial charge is 0.495 e. The fourth-order valence-electron chi connectivity index (χ4n) is 2.89. The van der Waals surface area contributed by atoms with E-state index >= 15 is 0 Å². The van der Waals surface area contributed by atoms with Crippen LogP contribution in [0.25, 0.3) is 0 Å². The van der Waals surface area contributed by atoms with Crippen molar-refractivity contribution in [2.75, 3.05) is 26.1 Å². The third kappa shape index (κ3) is 3.19. The molecule has 4 heteroatoms. The molecule has 0 bridgehead atoms. The van der Waals surface area contributed by atoms with E-state index in [4.69, 9.17) is 15.2 Å². The van der Waals surface area contributed by atoms with Crippen molar-refractivity contribution in [2.24, 2.45) is 5.73 Å². The summed E-state index contributed by atoms with van der Waals surface area (Å²) in [5.41, 5.74) is 6.95. The molecule has 19 heavy (non-hydrogen) atoms. The Balaban J connectivity index is 2.17. The third-order valence-corrected chi connectivity index (χ3v) is 4.03. The Morgan fingerprint density at radius 3 is 2.84 bits per heavy atom. The van der Waals surface area contributed by atoms with Crippen LogP contribution in [-0.2, 0) is 4.74 Å². The molecule has 1 aromatic carbocycles. The van der Waals surface area contributed by atoms with E-state index in [-0.39, 0.29) is 5.54 Å². The van der Waals surface area contributed by atoms with Crippen molar-refractivity contribution in [3.8, 4) is 5.75 Å². The van der Waals surface area contributed by atoms with Crippen molar-refractivity contribution in [1.29, 1.82) is 0 Å². The minimum absolute atomic E-state index is 0.0897. The molecule has 1 fully saturated rings. The quantitative estimate of drug-likeness (QED) is 0.857. The Labute approximate surface area is 115 Å². The van der Waals surface area contributed by atoms with E-state index in [0.717, 1.165) is 37.1 Å². The van der Waals surface area contributed by atoms with Crippen LogP contribution in [0.2, 0.25) is 0 Å². The molecule has 1 saturated carbocycles. The summed E-state index contributed by atoms with van der Waals surface area (Å²) in [5, 5.41) is 3.60. The zero-order valence-electron chi connectivity index (χ0n) is 11.8. The van der Waals surface area contributed by atoms with Gasteiger partial charge in [0.05, 0.1) is 24.4 Å². The third-order valence-electron chi connectivity index (χ3n) is 4.03. The predicted molar refractivity (Wildman–Crippen MR) is 77.7 cm³/mol. The van der Waals surface area contributed by atoms with Crippen LogP contribution in [0.1, 0.15) is 25.7 Å². The van der Waals surface area contributed by atoms with E-state index in [1.807, 2.05) is 24.3 Å². The van der Waals surface area contributed by atoms with Crippen LogP contribution >= 0.6 is 0 Å². The maximum Gasteiger partial charge on any atom is 0.141 e. The summed E-state index contributed by atoms with van der Waals surface area (Å²) in [6, 6.07) is 7.97. The van der Waals surface area contributed by atoms with Crippen molar-refractivity contribution >= 4 is 5.69 Å². The van der Waals surface area contributed by atoms with Gasteiger partial charge in [0.25, 0.3) is 0 Å². The van der Waals surface area contributed by atoms with Crippen LogP contribution < -0.4 is 15.8 Å². The molecule has 0 aromatic heterocycles. The highest BCUT2D eigenvalue weighted by Crippen LogP contribution is 2.35. The fourth-order valence-corrected chi connectivity index (χ4v) is 2.89. The van der Waals surface area contributed by atoms with Gasteiger partial charge < -0.3 is 20.5 Å². The summed E-state index contributed by atoms with van der Waals surface area (Å²) in [6.07, 6.45) is 4.56. The van der Waals surface area contributed by atoms with Crippen molar-refractivity contribution in [3.63, 3.8) is 0 Å². The molecule has 4 nitrogen and oxygen atoms in total. The molecule has 1 aromatic rings. The summed E-state index contributed by atoms with van der Waals surface area (Å²) in [5.74, 6) is 0.856. The first-order chi connectivity index (χ1) is 9.23. The number of hydrogen-bond acceptors (Lipinski definition) is 4. The maximum absolute atomic E-state index is 6.04. The van der Waals surface area contributed by atoms with E-state index < -0.39 is 0 Å². The van der Waals surface area contributed by atoms with Gasteiger partial charge >= 0.3 is 0 Å². The zero-order valence-corrected chi connectivity index (χ0v) is 11.8. The molecule has 3 N–H and O–H groups in total. The summed E-state index contributed by atoms with van der Waals surface area (Å²) in [7, 11) is 3.47. The molecule has 0 spiro atoms. The molecule has 0 amide bonds. The number of ether oxygens (including phenoxy) is 2. The molecule has 1 aliphatic carbocycles. The van der Waals surface area contributed by atoms with Gasteiger partial charge in [-0.05, 0) is 37.8 Å². The van der Waals surface area contributed by atoms with Crippen LogP contribution in [0.4, 0.5) is 5.69 Å². The topological polar surface area (TPSA) is 56.5 Å². The van der Waals surface area contributed by atoms with Crippen molar-refractivity contribution in [1.82, 2.24) is 0 Å². The lowest BCUT2D eigenvalue weighted by Crippen LogP contribution is -2.50. The Morgan fingerprint density at radius 2 is 2.16 bits per heavy atom. The van der Waals surface area contributed by atoms with Gasteiger partial charge in [-0.25, -0.2) is 0 Å². The van der Waals surface area contributed by atoms with Crippen molar-refractivity contribution in [3.05, 3.63) is 24.3 Å². The molecular formula is C15H24N2O2. The van der Waals surface area contributed by atoms with Crippen LogP contribution in [0.15, 0.2) is 24.3 Å². The maximum atomic E-state index is 6.04. The first kappa shape index (κ1) is 14.2. The highest BCUT2D eigenvalue weighted by atomic mass is 16.5. The number of nitrogens with two attached hydrogens (primary N) is 1. The Kier molecular flexibility index (Phi) is 4.66. The summed E-state index contributed by atoms with van der Waals surface area (Å²) in [4.78, 5) is 0. The number of para-hydroxylation sites is 2. The summed E-state index contributed by atoms with van der Waals surface area (Å²) < 4.78 is 10.9. The van der Waals surface area contributed by atoms with Crippen LogP contribution in [0, 0.1) is 0 Å². The van der Waals surface area contributed by atoms with Gasteiger partial charge in [0.2, 0.25) is 0 Å². The number of rotatable bonds is 5. The van der Waals surface area contributed by atoms with Gasteiger partial charge in [0.1, 0.15) is 5.75 Å². The average molecular weight is 264 g/mol. The van der Waals surface area contributed by atoms with Gasteiger partial charge in [0.15, 0.2) is 0 Å². The van der Waals surface area contributed by atoms with Crippen LogP contribution in [-0.4, -0.2) is 32.4 Å². The van der Waals surface area contributed by atoms with Crippen molar-refractivity contribution in [2.45, 2.75) is 37.3 Å². The number of nitrogens with one attached hydrogen (secondary N) is 1. The average Bonchev–Trinajstić information content (AvgIpc) is 2.48. The smallest absolute Gasteiger partial charge is 0.141 e. The Bertz CT molecular complexity index is 411. The highest BCUT2D eigenvalue weighted by molar-refractivity contribution is 5.57. The van der Waals surface area contributed by atoms with E-state index in [1.54, 1.807) is 14.2 Å². The Hall–Kier alpha value is -1.26. The van der Waals surface area contributed by atoms with Gasteiger partial charge in [0, 0.05) is 13.7 Å². The highest BCUT2D eigenvalue weighted by Gasteiger charge is 2.35. The second-order valence-electron chi connectivity index (χ2n) is 5.26. The van der Waals surface area contributed by atoms with Gasteiger partial charge in [-0.15, -0.1) is 0 Å². The molecule has 1 aliphatic rings. The molecule has 0 heterocycles. The number of methoxy groups -OCH3 is 2. The first-order valence-corrected chi connectivity index (χ1v) is 6.87. The molecule has 0 saturated heterocycles. The predicted octanol–water partition coefficient (Wildman–Crippen LogP) is 2.39. The lowest BCUT2D eigenvalue weighted by Gasteiger charge is -2.41. The molecule has 2 atom stereocenters. The van der Waals surface area contributed by atoms with E-state index in [2.05, 4.69) is 5.32 Å². The lowest BCUT2D eigenvalue weighted by molar-refractivity contribution is 0.0482. The minimum Gasteiger partial charge on any atom is -0.495 e. The van der Waals surface area contributed by atoms with Gasteiger partial charge in [-0.2, -0.15) is 0 Å².